The van der Waals surface area contributed by atoms with Crippen LogP contribution in [0.15, 0.2) is 71.9 Å². The van der Waals surface area contributed by atoms with Gasteiger partial charge in [0.05, 0.1) is 31.0 Å². The van der Waals surface area contributed by atoms with Crippen molar-refractivity contribution in [2.45, 2.75) is 96.2 Å². The van der Waals surface area contributed by atoms with Crippen LogP contribution >= 0.6 is 0 Å². The van der Waals surface area contributed by atoms with E-state index in [9.17, 15) is 9.90 Å². The highest BCUT2D eigenvalue weighted by atomic mass is 16.5. The van der Waals surface area contributed by atoms with E-state index in [0.717, 1.165) is 19.3 Å². The second kappa shape index (κ2) is 14.4. The van der Waals surface area contributed by atoms with Crippen molar-refractivity contribution < 1.29 is 24.1 Å². The fraction of sp³-hybridized carbons (Fsp3) is 0.567. The van der Waals surface area contributed by atoms with Gasteiger partial charge in [0.15, 0.2) is 0 Å². The van der Waals surface area contributed by atoms with Crippen molar-refractivity contribution >= 4 is 5.97 Å². The molecule has 3 heterocycles. The summed E-state index contributed by atoms with van der Waals surface area (Å²) >= 11 is 0. The summed E-state index contributed by atoms with van der Waals surface area (Å²) < 4.78 is 17.7. The second-order valence-corrected chi connectivity index (χ2v) is 10.1. The minimum Gasteiger partial charge on any atom is -0.459 e. The predicted octanol–water partition coefficient (Wildman–Crippen LogP) is 5.92. The molecule has 0 saturated heterocycles. The van der Waals surface area contributed by atoms with Gasteiger partial charge in [0.2, 0.25) is 0 Å². The van der Waals surface area contributed by atoms with Gasteiger partial charge in [0.1, 0.15) is 6.10 Å². The predicted molar refractivity (Wildman–Crippen MR) is 140 cm³/mol. The number of rotatable bonds is 3. The van der Waals surface area contributed by atoms with E-state index in [1.807, 2.05) is 24.3 Å². The second-order valence-electron chi connectivity index (χ2n) is 10.1. The summed E-state index contributed by atoms with van der Waals surface area (Å²) in [5, 5.41) is 10.5. The van der Waals surface area contributed by atoms with E-state index in [1.54, 1.807) is 0 Å². The van der Waals surface area contributed by atoms with E-state index in [4.69, 9.17) is 14.2 Å². The SMILES string of the molecule is CC1=C[C@H](C)C[C@@H]2CC=C[C@@H](C/C=C\C(=O)O[C@H](C/C=C/[C@@H]3CC(C)=CCO3)C/C=C/[C@@H](O)C1)O2. The number of hydrogen-bond donors (Lipinski definition) is 1. The zero-order chi connectivity index (χ0) is 25.0. The molecule has 5 heteroatoms. The zero-order valence-corrected chi connectivity index (χ0v) is 21.5. The Morgan fingerprint density at radius 2 is 1.89 bits per heavy atom. The molecule has 0 aromatic carbocycles. The Hall–Kier alpha value is -2.21. The van der Waals surface area contributed by atoms with Crippen LogP contribution in [0.1, 0.15) is 65.7 Å². The summed E-state index contributed by atoms with van der Waals surface area (Å²) in [6, 6.07) is 0. The molecule has 5 nitrogen and oxygen atoms in total. The number of allylic oxidation sites excluding steroid dienone is 1. The lowest BCUT2D eigenvalue weighted by atomic mass is 9.95. The average Bonchev–Trinajstić information content (AvgIpc) is 2.78. The van der Waals surface area contributed by atoms with Crippen LogP contribution < -0.4 is 0 Å². The molecular weight excluding hydrogens is 440 g/mol. The number of cyclic esters (lactones) is 1. The maximum absolute atomic E-state index is 12.5. The molecule has 3 rings (SSSR count). The Balaban J connectivity index is 1.67. The number of fused-ring (bicyclic) bond motifs is 2. The fourth-order valence-corrected chi connectivity index (χ4v) is 4.81. The number of hydrogen-bond acceptors (Lipinski definition) is 5. The maximum atomic E-state index is 12.5. The molecule has 0 aromatic rings. The Morgan fingerprint density at radius 3 is 2.71 bits per heavy atom. The highest BCUT2D eigenvalue weighted by molar-refractivity contribution is 5.82. The van der Waals surface area contributed by atoms with E-state index in [1.165, 1.54) is 17.2 Å². The monoisotopic (exact) mass is 482 g/mol. The molecule has 192 valence electrons. The van der Waals surface area contributed by atoms with Crippen molar-refractivity contribution in [3.05, 3.63) is 71.9 Å². The molecule has 0 radical (unpaired) electrons. The van der Waals surface area contributed by atoms with Gasteiger partial charge in [-0.1, -0.05) is 72.8 Å². The lowest BCUT2D eigenvalue weighted by Crippen LogP contribution is -2.25. The third-order valence-corrected chi connectivity index (χ3v) is 6.53. The van der Waals surface area contributed by atoms with Crippen molar-refractivity contribution in [2.75, 3.05) is 6.61 Å². The lowest BCUT2D eigenvalue weighted by molar-refractivity contribution is -0.142. The van der Waals surface area contributed by atoms with Crippen LogP contribution in [0.25, 0.3) is 0 Å². The summed E-state index contributed by atoms with van der Waals surface area (Å²) in [5.41, 5.74) is 2.50. The lowest BCUT2D eigenvalue weighted by Gasteiger charge is -2.27. The minimum absolute atomic E-state index is 0.0227. The Morgan fingerprint density at radius 1 is 1.06 bits per heavy atom. The summed E-state index contributed by atoms with van der Waals surface area (Å²) in [7, 11) is 0. The van der Waals surface area contributed by atoms with Crippen molar-refractivity contribution in [3.8, 4) is 0 Å². The van der Waals surface area contributed by atoms with Gasteiger partial charge in [-0.2, -0.15) is 0 Å². The van der Waals surface area contributed by atoms with Crippen LogP contribution in [-0.4, -0.2) is 48.2 Å². The van der Waals surface area contributed by atoms with Gasteiger partial charge in [0, 0.05) is 18.9 Å². The highest BCUT2D eigenvalue weighted by Gasteiger charge is 2.20. The molecule has 3 aliphatic rings. The minimum atomic E-state index is -0.562. The molecule has 0 aromatic heterocycles. The largest absolute Gasteiger partial charge is 0.459 e. The molecule has 0 spiro atoms. The molecule has 35 heavy (non-hydrogen) atoms. The van der Waals surface area contributed by atoms with Gasteiger partial charge in [-0.05, 0) is 51.9 Å². The summed E-state index contributed by atoms with van der Waals surface area (Å²) in [4.78, 5) is 12.5. The molecular formula is C30H42O5. The summed E-state index contributed by atoms with van der Waals surface area (Å²) in [5.74, 6) is 0.0196. The van der Waals surface area contributed by atoms with E-state index in [2.05, 4.69) is 51.2 Å². The van der Waals surface area contributed by atoms with Gasteiger partial charge < -0.3 is 19.3 Å². The van der Waals surface area contributed by atoms with E-state index in [-0.39, 0.29) is 30.4 Å². The number of ether oxygens (including phenoxy) is 3. The topological polar surface area (TPSA) is 65.0 Å². The van der Waals surface area contributed by atoms with Gasteiger partial charge in [-0.25, -0.2) is 4.79 Å². The van der Waals surface area contributed by atoms with Gasteiger partial charge in [-0.3, -0.25) is 0 Å². The van der Waals surface area contributed by atoms with Crippen molar-refractivity contribution in [1.29, 1.82) is 0 Å². The van der Waals surface area contributed by atoms with Gasteiger partial charge in [-0.15, -0.1) is 0 Å². The van der Waals surface area contributed by atoms with E-state index in [0.29, 0.717) is 38.2 Å². The van der Waals surface area contributed by atoms with Crippen molar-refractivity contribution in [3.63, 3.8) is 0 Å². The molecule has 6 atom stereocenters. The quantitative estimate of drug-likeness (QED) is 0.399. The van der Waals surface area contributed by atoms with Crippen LogP contribution in [0.4, 0.5) is 0 Å². The van der Waals surface area contributed by atoms with Crippen LogP contribution in [0.2, 0.25) is 0 Å². The first-order chi connectivity index (χ1) is 16.9. The van der Waals surface area contributed by atoms with E-state index < -0.39 is 6.10 Å². The van der Waals surface area contributed by atoms with Crippen molar-refractivity contribution in [1.82, 2.24) is 0 Å². The normalized spacial score (nSPS) is 35.4. The standard InChI is InChI=1S/C30H42O5/c1-22-16-17-33-28(20-22)13-5-11-27-9-4-8-25(31)19-23(2)18-24(3)21-29-14-6-10-26(34-29)12-7-15-30(32)35-27/h4-8,10,13,15-16,18,24-29,31H,9,11-12,14,17,19-21H2,1-3H3/b8-4+,13-5+,15-7-,23-18?/t24-,25+,26-,27-,28+,29-/m0/s1. The Kier molecular flexibility index (Phi) is 11.2. The Labute approximate surface area is 210 Å². The Bertz CT molecular complexity index is 862. The van der Waals surface area contributed by atoms with E-state index >= 15 is 0 Å². The first-order valence-electron chi connectivity index (χ1n) is 13.0. The molecule has 0 unspecified atom stereocenters. The number of esters is 1. The molecule has 0 aliphatic carbocycles. The molecule has 0 saturated carbocycles. The third-order valence-electron chi connectivity index (χ3n) is 6.53. The summed E-state index contributed by atoms with van der Waals surface area (Å²) in [6.45, 7) is 7.02. The molecule has 1 N–H and O–H groups in total. The maximum Gasteiger partial charge on any atom is 0.330 e. The van der Waals surface area contributed by atoms with Crippen molar-refractivity contribution in [2.24, 2.45) is 5.92 Å². The highest BCUT2D eigenvalue weighted by Crippen LogP contribution is 2.23. The van der Waals surface area contributed by atoms with Crippen LogP contribution in [0, 0.1) is 5.92 Å². The third kappa shape index (κ3) is 10.5. The smallest absolute Gasteiger partial charge is 0.330 e. The number of aliphatic hydroxyl groups is 1. The van der Waals surface area contributed by atoms with Crippen LogP contribution in [0.3, 0.4) is 0 Å². The fourth-order valence-electron chi connectivity index (χ4n) is 4.81. The zero-order valence-electron chi connectivity index (χ0n) is 21.5. The number of carbonyl (C=O) groups is 1. The summed E-state index contributed by atoms with van der Waals surface area (Å²) in [6.07, 6.45) is 24.2. The van der Waals surface area contributed by atoms with Crippen LogP contribution in [-0.2, 0) is 19.0 Å². The van der Waals surface area contributed by atoms with Gasteiger partial charge in [0.25, 0.3) is 0 Å². The first-order valence-corrected chi connectivity index (χ1v) is 13.0. The first kappa shape index (κ1) is 27.4. The number of aliphatic hydroxyl groups excluding tert-OH is 1. The number of carbonyl (C=O) groups excluding carboxylic acids is 1. The van der Waals surface area contributed by atoms with Crippen LogP contribution in [0.5, 0.6) is 0 Å². The molecule has 3 aliphatic heterocycles. The molecule has 2 bridgehead atoms. The average molecular weight is 483 g/mol. The molecule has 0 amide bonds. The molecule has 0 fully saturated rings. The van der Waals surface area contributed by atoms with Gasteiger partial charge >= 0.3 is 5.97 Å².